The largest absolute Gasteiger partial charge is 0.473 e. The molecule has 0 spiro atoms. The van der Waals surface area contributed by atoms with Gasteiger partial charge in [0.2, 0.25) is 5.88 Å². The van der Waals surface area contributed by atoms with E-state index in [9.17, 15) is 0 Å². The molecule has 0 saturated heterocycles. The van der Waals surface area contributed by atoms with Crippen molar-refractivity contribution in [1.82, 2.24) is 10.3 Å². The van der Waals surface area contributed by atoms with Crippen molar-refractivity contribution in [1.29, 1.82) is 0 Å². The van der Waals surface area contributed by atoms with Crippen molar-refractivity contribution >= 4 is 6.08 Å². The number of nitrogens with one attached hydrogen (secondary N) is 1. The normalized spacial score (nSPS) is 10.8. The van der Waals surface area contributed by atoms with Crippen molar-refractivity contribution < 1.29 is 4.74 Å². The lowest BCUT2D eigenvalue weighted by atomic mass is 10.2. The third-order valence-electron chi connectivity index (χ3n) is 2.77. The zero-order chi connectivity index (χ0) is 14.0. The summed E-state index contributed by atoms with van der Waals surface area (Å²) in [7, 11) is 0. The number of nitrogens with zero attached hydrogens (tertiary/aromatic N) is 1. The Morgan fingerprint density at radius 1 is 1.10 bits per heavy atom. The molecule has 0 radical (unpaired) electrons. The molecule has 0 aliphatic carbocycles. The summed E-state index contributed by atoms with van der Waals surface area (Å²) in [6, 6.07) is 16.0. The number of aromatic nitrogens is 1. The Labute approximate surface area is 120 Å². The maximum absolute atomic E-state index is 5.62. The van der Waals surface area contributed by atoms with Gasteiger partial charge in [-0.05, 0) is 24.3 Å². The summed E-state index contributed by atoms with van der Waals surface area (Å²) in [5, 5.41) is 3.25. The molecule has 0 fully saturated rings. The van der Waals surface area contributed by atoms with E-state index in [1.54, 1.807) is 0 Å². The highest BCUT2D eigenvalue weighted by Crippen LogP contribution is 2.08. The zero-order valence-corrected chi connectivity index (χ0v) is 11.8. The lowest BCUT2D eigenvalue weighted by Gasteiger charge is -2.05. The minimum atomic E-state index is 0.520. The quantitative estimate of drug-likeness (QED) is 0.836. The molecule has 0 amide bonds. The lowest BCUT2D eigenvalue weighted by molar-refractivity contribution is 0.347. The Hall–Kier alpha value is -2.13. The molecule has 1 aromatic carbocycles. The number of ether oxygens (including phenoxy) is 1. The first-order valence-corrected chi connectivity index (χ1v) is 6.89. The first kappa shape index (κ1) is 14.3. The predicted molar refractivity (Wildman–Crippen MR) is 82.6 cm³/mol. The highest BCUT2D eigenvalue weighted by molar-refractivity contribution is 5.48. The van der Waals surface area contributed by atoms with Crippen LogP contribution in [0.15, 0.2) is 54.6 Å². The average molecular weight is 268 g/mol. The first-order chi connectivity index (χ1) is 9.88. The number of hydrogen-bond donors (Lipinski definition) is 1. The average Bonchev–Trinajstić information content (AvgIpc) is 2.51. The summed E-state index contributed by atoms with van der Waals surface area (Å²) in [6.45, 7) is 4.31. The van der Waals surface area contributed by atoms with Crippen molar-refractivity contribution in [2.75, 3.05) is 13.2 Å². The second kappa shape index (κ2) is 8.12. The number of rotatable bonds is 7. The van der Waals surface area contributed by atoms with Gasteiger partial charge >= 0.3 is 0 Å². The van der Waals surface area contributed by atoms with Crippen LogP contribution >= 0.6 is 0 Å². The summed E-state index contributed by atoms with van der Waals surface area (Å²) in [4.78, 5) is 4.44. The highest BCUT2D eigenvalue weighted by Gasteiger charge is 1.97. The van der Waals surface area contributed by atoms with E-state index in [1.807, 2.05) is 48.6 Å². The van der Waals surface area contributed by atoms with Gasteiger partial charge in [-0.3, -0.25) is 0 Å². The van der Waals surface area contributed by atoms with E-state index in [2.05, 4.69) is 29.4 Å². The van der Waals surface area contributed by atoms with E-state index in [4.69, 9.17) is 4.74 Å². The second-order valence-electron chi connectivity index (χ2n) is 4.37. The van der Waals surface area contributed by atoms with E-state index in [-0.39, 0.29) is 0 Å². The maximum atomic E-state index is 5.62. The third-order valence-corrected chi connectivity index (χ3v) is 2.77. The van der Waals surface area contributed by atoms with Crippen LogP contribution in [0.4, 0.5) is 0 Å². The van der Waals surface area contributed by atoms with Crippen LogP contribution < -0.4 is 10.1 Å². The Bertz CT molecular complexity index is 538. The minimum absolute atomic E-state index is 0.520. The van der Waals surface area contributed by atoms with Crippen LogP contribution in [-0.2, 0) is 6.54 Å². The molecule has 0 aliphatic heterocycles. The van der Waals surface area contributed by atoms with Crippen molar-refractivity contribution in [3.63, 3.8) is 0 Å². The lowest BCUT2D eigenvalue weighted by Crippen LogP contribution is -2.13. The summed E-state index contributed by atoms with van der Waals surface area (Å²) in [5.41, 5.74) is 2.17. The maximum Gasteiger partial charge on any atom is 0.213 e. The van der Waals surface area contributed by atoms with Gasteiger partial charge in [-0.15, -0.1) is 0 Å². The summed E-state index contributed by atoms with van der Waals surface area (Å²) < 4.78 is 5.62. The fourth-order valence-electron chi connectivity index (χ4n) is 1.77. The Kier molecular flexibility index (Phi) is 5.80. The Morgan fingerprint density at radius 2 is 1.95 bits per heavy atom. The smallest absolute Gasteiger partial charge is 0.213 e. The molecule has 20 heavy (non-hydrogen) atoms. The van der Waals surface area contributed by atoms with Crippen LogP contribution in [0.5, 0.6) is 5.88 Å². The predicted octanol–water partition coefficient (Wildman–Crippen LogP) is 3.28. The summed E-state index contributed by atoms with van der Waals surface area (Å²) >= 11 is 0. The third kappa shape index (κ3) is 4.86. The van der Waals surface area contributed by atoms with E-state index >= 15 is 0 Å². The number of hydrogen-bond acceptors (Lipinski definition) is 3. The van der Waals surface area contributed by atoms with Gasteiger partial charge in [-0.2, -0.15) is 0 Å². The number of pyridine rings is 1. The molecule has 3 nitrogen and oxygen atoms in total. The van der Waals surface area contributed by atoms with Gasteiger partial charge < -0.3 is 10.1 Å². The SMILES string of the molecule is CCNCc1cccc(OCC=Cc2ccccc2)n1. The Morgan fingerprint density at radius 3 is 2.75 bits per heavy atom. The van der Waals surface area contributed by atoms with E-state index in [0.29, 0.717) is 12.5 Å². The molecular formula is C17H20N2O. The van der Waals surface area contributed by atoms with Gasteiger partial charge in [0.05, 0.1) is 5.69 Å². The van der Waals surface area contributed by atoms with Crippen molar-refractivity contribution in [2.45, 2.75) is 13.5 Å². The van der Waals surface area contributed by atoms with Crippen molar-refractivity contribution in [2.24, 2.45) is 0 Å². The van der Waals surface area contributed by atoms with Gasteiger partial charge in [0.25, 0.3) is 0 Å². The van der Waals surface area contributed by atoms with E-state index in [0.717, 1.165) is 18.8 Å². The molecular weight excluding hydrogens is 248 g/mol. The molecule has 2 rings (SSSR count). The Balaban J connectivity index is 1.83. The summed E-state index contributed by atoms with van der Waals surface area (Å²) in [6.07, 6.45) is 4.04. The van der Waals surface area contributed by atoms with Gasteiger partial charge in [-0.25, -0.2) is 4.98 Å². The monoisotopic (exact) mass is 268 g/mol. The zero-order valence-electron chi connectivity index (χ0n) is 11.8. The van der Waals surface area contributed by atoms with Gasteiger partial charge in [0.1, 0.15) is 6.61 Å². The van der Waals surface area contributed by atoms with Crippen LogP contribution in [-0.4, -0.2) is 18.1 Å². The topological polar surface area (TPSA) is 34.1 Å². The van der Waals surface area contributed by atoms with E-state index < -0.39 is 0 Å². The minimum Gasteiger partial charge on any atom is -0.473 e. The second-order valence-corrected chi connectivity index (χ2v) is 4.37. The van der Waals surface area contributed by atoms with Crippen LogP contribution in [0, 0.1) is 0 Å². The van der Waals surface area contributed by atoms with E-state index in [1.165, 1.54) is 5.56 Å². The molecule has 104 valence electrons. The van der Waals surface area contributed by atoms with Crippen LogP contribution in [0.1, 0.15) is 18.2 Å². The van der Waals surface area contributed by atoms with Crippen LogP contribution in [0.2, 0.25) is 0 Å². The molecule has 0 aliphatic rings. The van der Waals surface area contributed by atoms with Gasteiger partial charge in [0, 0.05) is 12.6 Å². The molecule has 1 N–H and O–H groups in total. The van der Waals surface area contributed by atoms with Crippen LogP contribution in [0.3, 0.4) is 0 Å². The number of benzene rings is 1. The van der Waals surface area contributed by atoms with Gasteiger partial charge in [-0.1, -0.05) is 49.4 Å². The highest BCUT2D eigenvalue weighted by atomic mass is 16.5. The standard InChI is InChI=1S/C17H20N2O/c1-2-18-14-16-11-6-12-17(19-16)20-13-7-10-15-8-4-3-5-9-15/h3-12,18H,2,13-14H2,1H3. The molecule has 3 heteroatoms. The molecule has 2 aromatic rings. The van der Waals surface area contributed by atoms with Crippen LogP contribution in [0.25, 0.3) is 6.08 Å². The molecule has 0 bridgehead atoms. The molecule has 0 atom stereocenters. The van der Waals surface area contributed by atoms with Crippen molar-refractivity contribution in [3.05, 3.63) is 65.9 Å². The molecule has 1 aromatic heterocycles. The first-order valence-electron chi connectivity index (χ1n) is 6.89. The molecule has 1 heterocycles. The fraction of sp³-hybridized carbons (Fsp3) is 0.235. The van der Waals surface area contributed by atoms with Gasteiger partial charge in [0.15, 0.2) is 0 Å². The van der Waals surface area contributed by atoms with Crippen molar-refractivity contribution in [3.8, 4) is 5.88 Å². The molecule has 0 saturated carbocycles. The fourth-order valence-corrected chi connectivity index (χ4v) is 1.77. The molecule has 0 unspecified atom stereocenters. The summed E-state index contributed by atoms with van der Waals surface area (Å²) in [5.74, 6) is 0.665.